The molecule has 1 fully saturated rings. The maximum atomic E-state index is 12.8. The van der Waals surface area contributed by atoms with E-state index in [0.29, 0.717) is 30.9 Å². The van der Waals surface area contributed by atoms with Crippen LogP contribution in [0.15, 0.2) is 83.7 Å². The van der Waals surface area contributed by atoms with Crippen molar-refractivity contribution in [3.63, 3.8) is 0 Å². The van der Waals surface area contributed by atoms with Crippen LogP contribution in [0.25, 0.3) is 11.0 Å². The number of aromatic nitrogens is 2. The van der Waals surface area contributed by atoms with Gasteiger partial charge < -0.3 is 15.6 Å². The van der Waals surface area contributed by atoms with Crippen molar-refractivity contribution in [2.75, 3.05) is 31.5 Å². The van der Waals surface area contributed by atoms with Gasteiger partial charge in [0.25, 0.3) is 5.91 Å². The van der Waals surface area contributed by atoms with Crippen molar-refractivity contribution < 1.29 is 9.59 Å². The zero-order chi connectivity index (χ0) is 25.6. The number of piperidine rings is 1. The number of anilines is 1. The van der Waals surface area contributed by atoms with E-state index in [2.05, 4.69) is 20.5 Å². The van der Waals surface area contributed by atoms with Crippen LogP contribution in [0.4, 0.5) is 5.69 Å². The summed E-state index contributed by atoms with van der Waals surface area (Å²) in [5, 5.41) is 5.86. The average Bonchev–Trinajstić information content (AvgIpc) is 3.25. The lowest BCUT2D eigenvalue weighted by Gasteiger charge is -2.32. The number of fused-ring (bicyclic) bond motifs is 1. The van der Waals surface area contributed by atoms with Crippen LogP contribution in [0, 0.1) is 0 Å². The van der Waals surface area contributed by atoms with E-state index in [1.807, 2.05) is 59.2 Å². The maximum absolute atomic E-state index is 12.8. The zero-order valence-corrected chi connectivity index (χ0v) is 20.7. The highest BCUT2D eigenvalue weighted by Crippen LogP contribution is 2.25. The highest BCUT2D eigenvalue weighted by molar-refractivity contribution is 6.04. The Labute approximate surface area is 215 Å². The molecule has 8 nitrogen and oxygen atoms in total. The minimum absolute atomic E-state index is 0.0870. The third kappa shape index (κ3) is 5.81. The van der Waals surface area contributed by atoms with Crippen LogP contribution in [0.1, 0.15) is 34.8 Å². The summed E-state index contributed by atoms with van der Waals surface area (Å²) in [4.78, 5) is 43.2. The second-order valence-electron chi connectivity index (χ2n) is 9.41. The Morgan fingerprint density at radius 1 is 0.892 bits per heavy atom. The minimum atomic E-state index is -0.211. The fourth-order valence-corrected chi connectivity index (χ4v) is 5.02. The van der Waals surface area contributed by atoms with Gasteiger partial charge in [-0.3, -0.25) is 19.1 Å². The summed E-state index contributed by atoms with van der Waals surface area (Å²) in [5.74, 6) is -0.371. The number of H-pyrrole nitrogens is 1. The molecule has 1 aromatic heterocycles. The number of carbonyl (C=O) groups is 2. The summed E-state index contributed by atoms with van der Waals surface area (Å²) in [6, 6.07) is 24.9. The molecular formula is C29H31N5O3. The quantitative estimate of drug-likeness (QED) is 0.347. The van der Waals surface area contributed by atoms with Gasteiger partial charge in [-0.25, -0.2) is 4.79 Å². The summed E-state index contributed by atoms with van der Waals surface area (Å²) in [6.45, 7) is 2.18. The number of likely N-dealkylation sites (tertiary alicyclic amines) is 1. The third-order valence-corrected chi connectivity index (χ3v) is 6.90. The minimum Gasteiger partial charge on any atom is -0.352 e. The Bertz CT molecular complexity index is 1430. The molecule has 2 heterocycles. The molecule has 0 saturated carbocycles. The summed E-state index contributed by atoms with van der Waals surface area (Å²) < 4.78 is 1.85. The van der Waals surface area contributed by atoms with Crippen molar-refractivity contribution in [1.29, 1.82) is 0 Å². The van der Waals surface area contributed by atoms with Gasteiger partial charge in [0.05, 0.1) is 28.8 Å². The van der Waals surface area contributed by atoms with Gasteiger partial charge in [-0.15, -0.1) is 0 Å². The number of rotatable bonds is 8. The van der Waals surface area contributed by atoms with Crippen LogP contribution in [-0.4, -0.2) is 52.4 Å². The second-order valence-corrected chi connectivity index (χ2v) is 9.41. The van der Waals surface area contributed by atoms with Gasteiger partial charge in [0.15, 0.2) is 0 Å². The van der Waals surface area contributed by atoms with Crippen molar-refractivity contribution >= 4 is 28.5 Å². The van der Waals surface area contributed by atoms with Crippen LogP contribution in [0.5, 0.6) is 0 Å². The Hall–Kier alpha value is -4.17. The Morgan fingerprint density at radius 3 is 2.41 bits per heavy atom. The lowest BCUT2D eigenvalue weighted by molar-refractivity contribution is -0.117. The van der Waals surface area contributed by atoms with Crippen LogP contribution in [-0.2, 0) is 11.2 Å². The molecule has 0 aliphatic carbocycles. The molecule has 0 atom stereocenters. The van der Waals surface area contributed by atoms with Crippen molar-refractivity contribution in [2.24, 2.45) is 0 Å². The number of nitrogens with zero attached hydrogens (tertiary/aromatic N) is 2. The molecule has 3 N–H and O–H groups in total. The van der Waals surface area contributed by atoms with E-state index in [4.69, 9.17) is 0 Å². The van der Waals surface area contributed by atoms with Gasteiger partial charge in [-0.1, -0.05) is 54.6 Å². The fourth-order valence-electron chi connectivity index (χ4n) is 5.02. The highest BCUT2D eigenvalue weighted by Gasteiger charge is 2.25. The predicted molar refractivity (Wildman–Crippen MR) is 145 cm³/mol. The van der Waals surface area contributed by atoms with E-state index in [0.717, 1.165) is 35.9 Å². The van der Waals surface area contributed by atoms with E-state index in [9.17, 15) is 14.4 Å². The smallest absolute Gasteiger partial charge is 0.326 e. The summed E-state index contributed by atoms with van der Waals surface area (Å²) in [6.07, 6.45) is 2.31. The van der Waals surface area contributed by atoms with E-state index in [1.54, 1.807) is 24.3 Å². The average molecular weight is 498 g/mol. The Morgan fingerprint density at radius 2 is 1.59 bits per heavy atom. The molecule has 4 aromatic rings. The predicted octanol–water partition coefficient (Wildman–Crippen LogP) is 3.58. The zero-order valence-electron chi connectivity index (χ0n) is 20.7. The van der Waals surface area contributed by atoms with Gasteiger partial charge in [0.2, 0.25) is 5.91 Å². The summed E-state index contributed by atoms with van der Waals surface area (Å²) in [7, 11) is 0. The molecule has 37 heavy (non-hydrogen) atoms. The van der Waals surface area contributed by atoms with Crippen molar-refractivity contribution in [3.8, 4) is 0 Å². The van der Waals surface area contributed by atoms with E-state index in [1.165, 1.54) is 0 Å². The topological polar surface area (TPSA) is 99.2 Å². The molecule has 0 unspecified atom stereocenters. The molecule has 0 bridgehead atoms. The lowest BCUT2D eigenvalue weighted by Crippen LogP contribution is -2.41. The van der Waals surface area contributed by atoms with Crippen molar-refractivity contribution in [1.82, 2.24) is 19.8 Å². The second kappa shape index (κ2) is 11.3. The standard InChI is InChI=1S/C29H31N5O3/c35-27(20-33-18-15-22(16-19-33)34-26-13-7-6-12-25(26)32-29(34)37)31-24-11-5-4-10-23(24)28(36)30-17-14-21-8-2-1-3-9-21/h1-13,22H,14-20H2,(H,30,36)(H,31,35)(H,32,37). The number of amides is 2. The van der Waals surface area contributed by atoms with Crippen LogP contribution in [0.2, 0.25) is 0 Å². The van der Waals surface area contributed by atoms with Crippen LogP contribution < -0.4 is 16.3 Å². The normalized spacial score (nSPS) is 14.5. The number of hydrogen-bond acceptors (Lipinski definition) is 4. The SMILES string of the molecule is O=C(CN1CCC(n2c(=O)[nH]c3ccccc32)CC1)Nc1ccccc1C(=O)NCCc1ccccc1. The first-order valence-electron chi connectivity index (χ1n) is 12.7. The van der Waals surface area contributed by atoms with Gasteiger partial charge in [-0.2, -0.15) is 0 Å². The first kappa shape index (κ1) is 24.5. The van der Waals surface area contributed by atoms with Crippen LogP contribution in [0.3, 0.4) is 0 Å². The first-order chi connectivity index (χ1) is 18.1. The molecule has 2 amide bonds. The molecular weight excluding hydrogens is 466 g/mol. The monoisotopic (exact) mass is 497 g/mol. The summed E-state index contributed by atoms with van der Waals surface area (Å²) >= 11 is 0. The van der Waals surface area contributed by atoms with Crippen LogP contribution >= 0.6 is 0 Å². The number of hydrogen-bond donors (Lipinski definition) is 3. The van der Waals surface area contributed by atoms with E-state index in [-0.39, 0.29) is 30.1 Å². The van der Waals surface area contributed by atoms with E-state index >= 15 is 0 Å². The number of imidazole rings is 1. The molecule has 0 spiro atoms. The number of aromatic amines is 1. The molecule has 8 heteroatoms. The van der Waals surface area contributed by atoms with Gasteiger partial charge >= 0.3 is 5.69 Å². The highest BCUT2D eigenvalue weighted by atomic mass is 16.2. The lowest BCUT2D eigenvalue weighted by atomic mass is 10.0. The third-order valence-electron chi connectivity index (χ3n) is 6.90. The van der Waals surface area contributed by atoms with Gasteiger partial charge in [-0.05, 0) is 49.1 Å². The molecule has 3 aromatic carbocycles. The van der Waals surface area contributed by atoms with Crippen molar-refractivity contribution in [3.05, 3.63) is 100 Å². The number of nitrogens with one attached hydrogen (secondary N) is 3. The molecule has 5 rings (SSSR count). The molecule has 1 aliphatic heterocycles. The largest absolute Gasteiger partial charge is 0.352 e. The first-order valence-corrected chi connectivity index (χ1v) is 12.7. The summed E-state index contributed by atoms with van der Waals surface area (Å²) in [5.41, 5.74) is 3.78. The van der Waals surface area contributed by atoms with Gasteiger partial charge in [0.1, 0.15) is 0 Å². The van der Waals surface area contributed by atoms with E-state index < -0.39 is 0 Å². The fraction of sp³-hybridized carbons (Fsp3) is 0.276. The molecule has 190 valence electrons. The van der Waals surface area contributed by atoms with Crippen molar-refractivity contribution in [2.45, 2.75) is 25.3 Å². The van der Waals surface area contributed by atoms with Gasteiger partial charge in [0, 0.05) is 25.7 Å². The number of benzene rings is 3. The Kier molecular flexibility index (Phi) is 7.46. The number of carbonyl (C=O) groups excluding carboxylic acids is 2. The molecule has 1 saturated heterocycles. The Balaban J connectivity index is 1.14. The maximum Gasteiger partial charge on any atom is 0.326 e. The molecule has 1 aliphatic rings. The molecule has 0 radical (unpaired) electrons. The number of para-hydroxylation sites is 3.